The minimum absolute atomic E-state index is 0.0255. The standard InChI is InChI=1S/C38H45N3O5S/c1-5-7-25-39-38(43)36(26-31-11-9-8-10-12-31)40(27-32-17-13-29(3)14-18-32)37(42)28-41(33-19-15-30(4)16-20-33)47(44,45)35-23-21-34(22-24-35)46-6-2/h8-24,36H,5-7,25-28H2,1-4H3,(H,39,43)/t36-/m1/s1. The van der Waals surface area contributed by atoms with Gasteiger partial charge in [-0.1, -0.05) is 91.2 Å². The van der Waals surface area contributed by atoms with Crippen molar-refractivity contribution in [2.24, 2.45) is 0 Å². The molecule has 9 heteroatoms. The lowest BCUT2D eigenvalue weighted by Gasteiger charge is -2.34. The molecule has 0 heterocycles. The normalized spacial score (nSPS) is 11.8. The van der Waals surface area contributed by atoms with Crippen molar-refractivity contribution in [1.82, 2.24) is 10.2 Å². The Kier molecular flexibility index (Phi) is 12.6. The van der Waals surface area contributed by atoms with Crippen molar-refractivity contribution >= 4 is 27.5 Å². The van der Waals surface area contributed by atoms with Crippen molar-refractivity contribution in [3.63, 3.8) is 0 Å². The van der Waals surface area contributed by atoms with Crippen molar-refractivity contribution in [2.75, 3.05) is 24.0 Å². The van der Waals surface area contributed by atoms with Crippen LogP contribution < -0.4 is 14.4 Å². The molecule has 248 valence electrons. The highest BCUT2D eigenvalue weighted by atomic mass is 32.2. The SMILES string of the molecule is CCCCNC(=O)[C@@H](Cc1ccccc1)N(Cc1ccc(C)cc1)C(=O)CN(c1ccc(C)cc1)S(=O)(=O)c1ccc(OCC)cc1. The van der Waals surface area contributed by atoms with E-state index in [0.717, 1.165) is 39.4 Å². The summed E-state index contributed by atoms with van der Waals surface area (Å²) in [5, 5.41) is 3.02. The van der Waals surface area contributed by atoms with Gasteiger partial charge >= 0.3 is 0 Å². The number of aryl methyl sites for hydroxylation is 2. The van der Waals surface area contributed by atoms with Gasteiger partial charge in [0, 0.05) is 19.5 Å². The van der Waals surface area contributed by atoms with Gasteiger partial charge in [-0.3, -0.25) is 13.9 Å². The summed E-state index contributed by atoms with van der Waals surface area (Å²) in [4.78, 5) is 30.0. The van der Waals surface area contributed by atoms with Crippen LogP contribution in [0.25, 0.3) is 0 Å². The van der Waals surface area contributed by atoms with Crippen molar-refractivity contribution < 1.29 is 22.7 Å². The number of carbonyl (C=O) groups excluding carboxylic acids is 2. The Bertz CT molecular complexity index is 1690. The van der Waals surface area contributed by atoms with E-state index in [9.17, 15) is 18.0 Å². The first-order chi connectivity index (χ1) is 22.6. The molecule has 4 aromatic rings. The molecule has 4 aromatic carbocycles. The summed E-state index contributed by atoms with van der Waals surface area (Å²) in [6, 6.07) is 29.6. The Balaban J connectivity index is 1.77. The van der Waals surface area contributed by atoms with E-state index in [0.29, 0.717) is 24.6 Å². The summed E-state index contributed by atoms with van der Waals surface area (Å²) in [5.41, 5.74) is 4.09. The van der Waals surface area contributed by atoms with Crippen LogP contribution in [0.1, 0.15) is 48.9 Å². The summed E-state index contributed by atoms with van der Waals surface area (Å²) in [6.07, 6.45) is 1.98. The van der Waals surface area contributed by atoms with Crippen LogP contribution in [0.3, 0.4) is 0 Å². The Labute approximate surface area is 279 Å². The van der Waals surface area contributed by atoms with E-state index in [1.165, 1.54) is 17.0 Å². The van der Waals surface area contributed by atoms with Gasteiger partial charge in [-0.25, -0.2) is 8.42 Å². The lowest BCUT2D eigenvalue weighted by molar-refractivity contribution is -0.140. The van der Waals surface area contributed by atoms with Gasteiger partial charge in [-0.05, 0) is 74.7 Å². The van der Waals surface area contributed by atoms with E-state index < -0.39 is 28.5 Å². The van der Waals surface area contributed by atoms with Crippen molar-refractivity contribution in [1.29, 1.82) is 0 Å². The fraction of sp³-hybridized carbons (Fsp3) is 0.316. The molecular weight excluding hydrogens is 611 g/mol. The van der Waals surface area contributed by atoms with Crippen molar-refractivity contribution in [3.8, 4) is 5.75 Å². The van der Waals surface area contributed by atoms with Gasteiger partial charge in [-0.2, -0.15) is 0 Å². The molecule has 0 bridgehead atoms. The zero-order chi connectivity index (χ0) is 33.8. The number of nitrogens with one attached hydrogen (secondary N) is 1. The minimum atomic E-state index is -4.20. The molecule has 0 aliphatic rings. The molecule has 0 saturated heterocycles. The highest BCUT2D eigenvalue weighted by Gasteiger charge is 2.34. The van der Waals surface area contributed by atoms with Gasteiger partial charge in [0.15, 0.2) is 0 Å². The van der Waals surface area contributed by atoms with E-state index in [-0.39, 0.29) is 23.8 Å². The van der Waals surface area contributed by atoms with Crippen molar-refractivity contribution in [2.45, 2.75) is 64.4 Å². The van der Waals surface area contributed by atoms with Crippen LogP contribution in [0.2, 0.25) is 0 Å². The number of sulfonamides is 1. The summed E-state index contributed by atoms with van der Waals surface area (Å²) in [5.74, 6) is -0.224. The molecule has 0 radical (unpaired) electrons. The quantitative estimate of drug-likeness (QED) is 0.140. The first-order valence-corrected chi connectivity index (χ1v) is 17.5. The summed E-state index contributed by atoms with van der Waals surface area (Å²) < 4.78 is 35.1. The smallest absolute Gasteiger partial charge is 0.264 e. The molecule has 1 N–H and O–H groups in total. The van der Waals surface area contributed by atoms with Crippen LogP contribution in [-0.4, -0.2) is 50.9 Å². The number of unbranched alkanes of at least 4 members (excludes halogenated alkanes) is 1. The Morgan fingerprint density at radius 2 is 1.40 bits per heavy atom. The third-order valence-corrected chi connectivity index (χ3v) is 9.69. The molecular formula is C38H45N3O5S. The molecule has 8 nitrogen and oxygen atoms in total. The average Bonchev–Trinajstić information content (AvgIpc) is 3.07. The number of amides is 2. The van der Waals surface area contributed by atoms with E-state index in [1.54, 1.807) is 24.3 Å². The fourth-order valence-electron chi connectivity index (χ4n) is 5.19. The maximum absolute atomic E-state index is 14.6. The van der Waals surface area contributed by atoms with Crippen LogP contribution >= 0.6 is 0 Å². The second-order valence-electron chi connectivity index (χ2n) is 11.6. The number of anilines is 1. The first-order valence-electron chi connectivity index (χ1n) is 16.1. The van der Waals surface area contributed by atoms with E-state index in [1.807, 2.05) is 94.4 Å². The zero-order valence-electron chi connectivity index (χ0n) is 27.7. The lowest BCUT2D eigenvalue weighted by atomic mass is 10.0. The Hall–Kier alpha value is -4.63. The molecule has 0 saturated carbocycles. The third kappa shape index (κ3) is 9.68. The molecule has 0 aliphatic heterocycles. The van der Waals surface area contributed by atoms with Gasteiger partial charge < -0.3 is 15.0 Å². The number of hydrogen-bond acceptors (Lipinski definition) is 5. The molecule has 1 atom stereocenters. The Morgan fingerprint density at radius 1 is 0.787 bits per heavy atom. The number of benzene rings is 4. The number of hydrogen-bond donors (Lipinski definition) is 1. The number of nitrogens with zero attached hydrogens (tertiary/aromatic N) is 2. The number of carbonyl (C=O) groups is 2. The van der Waals surface area contributed by atoms with Gasteiger partial charge in [0.2, 0.25) is 11.8 Å². The lowest BCUT2D eigenvalue weighted by Crippen LogP contribution is -2.53. The van der Waals surface area contributed by atoms with Gasteiger partial charge in [0.25, 0.3) is 10.0 Å². The first kappa shape index (κ1) is 35.2. The Morgan fingerprint density at radius 3 is 2.00 bits per heavy atom. The molecule has 0 fully saturated rings. The highest BCUT2D eigenvalue weighted by molar-refractivity contribution is 7.92. The van der Waals surface area contributed by atoms with Crippen LogP contribution in [-0.2, 0) is 32.6 Å². The van der Waals surface area contributed by atoms with Crippen LogP contribution in [0.5, 0.6) is 5.75 Å². The second-order valence-corrected chi connectivity index (χ2v) is 13.5. The molecule has 0 spiro atoms. The molecule has 2 amide bonds. The topological polar surface area (TPSA) is 96.0 Å². The van der Waals surface area contributed by atoms with E-state index >= 15 is 0 Å². The predicted octanol–water partition coefficient (Wildman–Crippen LogP) is 6.45. The number of rotatable bonds is 16. The fourth-order valence-corrected chi connectivity index (χ4v) is 6.61. The third-order valence-electron chi connectivity index (χ3n) is 7.90. The summed E-state index contributed by atoms with van der Waals surface area (Å²) in [6.45, 7) is 8.35. The van der Waals surface area contributed by atoms with Gasteiger partial charge in [0.1, 0.15) is 18.3 Å². The molecule has 4 rings (SSSR count). The van der Waals surface area contributed by atoms with Crippen molar-refractivity contribution in [3.05, 3.63) is 125 Å². The minimum Gasteiger partial charge on any atom is -0.494 e. The van der Waals surface area contributed by atoms with Crippen LogP contribution in [0, 0.1) is 13.8 Å². The van der Waals surface area contributed by atoms with E-state index in [4.69, 9.17) is 4.74 Å². The second kappa shape index (κ2) is 16.8. The van der Waals surface area contributed by atoms with Crippen LogP contribution in [0.4, 0.5) is 5.69 Å². The predicted molar refractivity (Wildman–Crippen MR) is 187 cm³/mol. The zero-order valence-corrected chi connectivity index (χ0v) is 28.5. The highest BCUT2D eigenvalue weighted by Crippen LogP contribution is 2.27. The summed E-state index contributed by atoms with van der Waals surface area (Å²) in [7, 11) is -4.20. The maximum atomic E-state index is 14.6. The summed E-state index contributed by atoms with van der Waals surface area (Å²) >= 11 is 0. The maximum Gasteiger partial charge on any atom is 0.264 e. The monoisotopic (exact) mass is 655 g/mol. The largest absolute Gasteiger partial charge is 0.494 e. The van der Waals surface area contributed by atoms with Gasteiger partial charge in [0.05, 0.1) is 17.2 Å². The molecule has 0 aromatic heterocycles. The number of ether oxygens (including phenoxy) is 1. The van der Waals surface area contributed by atoms with Crippen LogP contribution in [0.15, 0.2) is 108 Å². The van der Waals surface area contributed by atoms with Gasteiger partial charge in [-0.15, -0.1) is 0 Å². The molecule has 0 unspecified atom stereocenters. The van der Waals surface area contributed by atoms with E-state index in [2.05, 4.69) is 5.32 Å². The molecule has 47 heavy (non-hydrogen) atoms. The molecule has 0 aliphatic carbocycles. The average molecular weight is 656 g/mol.